The fourth-order valence-corrected chi connectivity index (χ4v) is 2.90. The number of rotatable bonds is 6. The predicted molar refractivity (Wildman–Crippen MR) is 101 cm³/mol. The molecule has 6 nitrogen and oxygen atoms in total. The van der Waals surface area contributed by atoms with Crippen molar-refractivity contribution in [1.82, 2.24) is 25.1 Å². The van der Waals surface area contributed by atoms with Gasteiger partial charge in [-0.25, -0.2) is 9.67 Å². The lowest BCUT2D eigenvalue weighted by atomic mass is 10.1. The van der Waals surface area contributed by atoms with E-state index in [9.17, 15) is 18.0 Å². The molecular weight excluding hydrogens is 383 g/mol. The molecule has 0 spiro atoms. The van der Waals surface area contributed by atoms with Crippen molar-refractivity contribution < 1.29 is 18.0 Å². The van der Waals surface area contributed by atoms with Crippen LogP contribution in [0.25, 0.3) is 5.82 Å². The van der Waals surface area contributed by atoms with Crippen molar-refractivity contribution in [2.24, 2.45) is 0 Å². The molecule has 3 aromatic heterocycles. The molecule has 0 bridgehead atoms. The number of pyridine rings is 2. The molecule has 0 aromatic carbocycles. The van der Waals surface area contributed by atoms with Gasteiger partial charge in [-0.2, -0.15) is 18.3 Å². The maximum Gasteiger partial charge on any atom is 0.417 e. The Hall–Kier alpha value is -3.23. The maximum atomic E-state index is 12.8. The zero-order valence-electron chi connectivity index (χ0n) is 15.9. The van der Waals surface area contributed by atoms with Crippen LogP contribution in [0.4, 0.5) is 13.2 Å². The molecule has 0 fully saturated rings. The minimum atomic E-state index is -4.46. The van der Waals surface area contributed by atoms with Crippen molar-refractivity contribution >= 4 is 5.91 Å². The summed E-state index contributed by atoms with van der Waals surface area (Å²) in [5.41, 5.74) is 0.962. The van der Waals surface area contributed by atoms with E-state index in [0.29, 0.717) is 24.2 Å². The molecule has 0 unspecified atom stereocenters. The SMILES string of the molecule is CC(C)c1c(C(=O)NCCc2ccccn2)cnn1-c1ccc(C(F)(F)F)cn1. The molecule has 0 saturated heterocycles. The molecule has 0 radical (unpaired) electrons. The summed E-state index contributed by atoms with van der Waals surface area (Å²) in [6.45, 7) is 4.15. The molecule has 152 valence electrons. The minimum absolute atomic E-state index is 0.0990. The second-order valence-corrected chi connectivity index (χ2v) is 6.74. The predicted octanol–water partition coefficient (Wildman–Crippen LogP) is 3.78. The van der Waals surface area contributed by atoms with Crippen molar-refractivity contribution in [3.8, 4) is 5.82 Å². The average molecular weight is 403 g/mol. The summed E-state index contributed by atoms with van der Waals surface area (Å²) in [6.07, 6.45) is -0.0268. The fourth-order valence-electron chi connectivity index (χ4n) is 2.90. The highest BCUT2D eigenvalue weighted by Gasteiger charge is 2.31. The highest BCUT2D eigenvalue weighted by atomic mass is 19.4. The molecule has 1 N–H and O–H groups in total. The monoisotopic (exact) mass is 403 g/mol. The summed E-state index contributed by atoms with van der Waals surface area (Å²) < 4.78 is 39.7. The van der Waals surface area contributed by atoms with Crippen LogP contribution in [0.3, 0.4) is 0 Å². The maximum absolute atomic E-state index is 12.8. The second kappa shape index (κ2) is 8.42. The Kier molecular flexibility index (Phi) is 5.95. The minimum Gasteiger partial charge on any atom is -0.352 e. The molecule has 3 heterocycles. The second-order valence-electron chi connectivity index (χ2n) is 6.74. The van der Waals surface area contributed by atoms with E-state index < -0.39 is 11.7 Å². The number of hydrogen-bond acceptors (Lipinski definition) is 4. The number of hydrogen-bond donors (Lipinski definition) is 1. The van der Waals surface area contributed by atoms with E-state index in [1.807, 2.05) is 32.0 Å². The first-order valence-corrected chi connectivity index (χ1v) is 9.07. The van der Waals surface area contributed by atoms with Crippen molar-refractivity contribution in [3.05, 3.63) is 71.4 Å². The highest BCUT2D eigenvalue weighted by molar-refractivity contribution is 5.95. The number of nitrogens with zero attached hydrogens (tertiary/aromatic N) is 4. The van der Waals surface area contributed by atoms with Crippen molar-refractivity contribution in [2.75, 3.05) is 6.54 Å². The Bertz CT molecular complexity index is 966. The number of alkyl halides is 3. The first-order chi connectivity index (χ1) is 13.8. The average Bonchev–Trinajstić information content (AvgIpc) is 3.14. The quantitative estimate of drug-likeness (QED) is 0.680. The Morgan fingerprint density at radius 3 is 2.52 bits per heavy atom. The topological polar surface area (TPSA) is 72.7 Å². The van der Waals surface area contributed by atoms with Gasteiger partial charge in [-0.3, -0.25) is 9.78 Å². The Labute approximate surface area is 165 Å². The van der Waals surface area contributed by atoms with Gasteiger partial charge in [0, 0.05) is 31.1 Å². The smallest absolute Gasteiger partial charge is 0.352 e. The highest BCUT2D eigenvalue weighted by Crippen LogP contribution is 2.29. The van der Waals surface area contributed by atoms with Crippen LogP contribution in [0.5, 0.6) is 0 Å². The van der Waals surface area contributed by atoms with E-state index >= 15 is 0 Å². The molecule has 0 saturated carbocycles. The van der Waals surface area contributed by atoms with Crippen LogP contribution in [0.15, 0.2) is 48.9 Å². The van der Waals surface area contributed by atoms with E-state index in [0.717, 1.165) is 18.0 Å². The van der Waals surface area contributed by atoms with Gasteiger partial charge in [0.15, 0.2) is 5.82 Å². The zero-order valence-corrected chi connectivity index (χ0v) is 15.9. The number of amides is 1. The lowest BCUT2D eigenvalue weighted by Crippen LogP contribution is -2.27. The van der Waals surface area contributed by atoms with Gasteiger partial charge in [0.25, 0.3) is 5.91 Å². The summed E-state index contributed by atoms with van der Waals surface area (Å²) >= 11 is 0. The molecule has 3 rings (SSSR count). The number of carbonyl (C=O) groups is 1. The van der Waals surface area contributed by atoms with Crippen LogP contribution in [-0.2, 0) is 12.6 Å². The lowest BCUT2D eigenvalue weighted by molar-refractivity contribution is -0.137. The van der Waals surface area contributed by atoms with Gasteiger partial charge in [0.1, 0.15) is 0 Å². The standard InChI is InChI=1S/C20H20F3N5O/c1-13(2)18-16(19(29)25-10-8-15-5-3-4-9-24-15)12-27-28(18)17-7-6-14(11-26-17)20(21,22)23/h3-7,9,11-13H,8,10H2,1-2H3,(H,25,29). The van der Waals surface area contributed by atoms with Crippen molar-refractivity contribution in [2.45, 2.75) is 32.4 Å². The molecule has 0 atom stereocenters. The van der Waals surface area contributed by atoms with E-state index in [2.05, 4.69) is 20.4 Å². The number of aromatic nitrogens is 4. The molecule has 29 heavy (non-hydrogen) atoms. The molecule has 9 heteroatoms. The number of nitrogens with one attached hydrogen (secondary N) is 1. The number of carbonyl (C=O) groups excluding carboxylic acids is 1. The van der Waals surface area contributed by atoms with Gasteiger partial charge in [0.05, 0.1) is 23.0 Å². The lowest BCUT2D eigenvalue weighted by Gasteiger charge is -2.13. The Morgan fingerprint density at radius 1 is 1.14 bits per heavy atom. The van der Waals surface area contributed by atoms with Crippen molar-refractivity contribution in [1.29, 1.82) is 0 Å². The van der Waals surface area contributed by atoms with Gasteiger partial charge in [-0.15, -0.1) is 0 Å². The summed E-state index contributed by atoms with van der Waals surface area (Å²) in [4.78, 5) is 20.7. The summed E-state index contributed by atoms with van der Waals surface area (Å²) in [7, 11) is 0. The normalized spacial score (nSPS) is 11.7. The van der Waals surface area contributed by atoms with Crippen LogP contribution < -0.4 is 5.32 Å². The van der Waals surface area contributed by atoms with Crippen LogP contribution in [0, 0.1) is 0 Å². The van der Waals surface area contributed by atoms with Crippen LogP contribution >= 0.6 is 0 Å². The van der Waals surface area contributed by atoms with E-state index in [1.165, 1.54) is 16.9 Å². The first kappa shape index (κ1) is 20.5. The fraction of sp³-hybridized carbons (Fsp3) is 0.300. The molecule has 0 aliphatic heterocycles. The number of halogens is 3. The van der Waals surface area contributed by atoms with Gasteiger partial charge in [-0.1, -0.05) is 19.9 Å². The third-order valence-electron chi connectivity index (χ3n) is 4.28. The van der Waals surface area contributed by atoms with Crippen LogP contribution in [0.2, 0.25) is 0 Å². The van der Waals surface area contributed by atoms with E-state index in [4.69, 9.17) is 0 Å². The summed E-state index contributed by atoms with van der Waals surface area (Å²) in [6, 6.07) is 7.76. The summed E-state index contributed by atoms with van der Waals surface area (Å²) in [5, 5.41) is 7.02. The first-order valence-electron chi connectivity index (χ1n) is 9.07. The van der Waals surface area contributed by atoms with Crippen LogP contribution in [-0.4, -0.2) is 32.2 Å². The van der Waals surface area contributed by atoms with Gasteiger partial charge in [0.2, 0.25) is 0 Å². The van der Waals surface area contributed by atoms with Crippen LogP contribution in [0.1, 0.15) is 47.1 Å². The molecule has 0 aliphatic rings. The van der Waals surface area contributed by atoms with E-state index in [-0.39, 0.29) is 17.6 Å². The molecule has 0 aliphatic carbocycles. The van der Waals surface area contributed by atoms with E-state index in [1.54, 1.807) is 6.20 Å². The third-order valence-corrected chi connectivity index (χ3v) is 4.28. The molecular formula is C20H20F3N5O. The zero-order chi connectivity index (χ0) is 21.0. The van der Waals surface area contributed by atoms with Crippen molar-refractivity contribution in [3.63, 3.8) is 0 Å². The largest absolute Gasteiger partial charge is 0.417 e. The Balaban J connectivity index is 1.78. The summed E-state index contributed by atoms with van der Waals surface area (Å²) in [5.74, 6) is -0.185. The molecule has 3 aromatic rings. The van der Waals surface area contributed by atoms with Gasteiger partial charge < -0.3 is 5.32 Å². The van der Waals surface area contributed by atoms with Gasteiger partial charge >= 0.3 is 6.18 Å². The third kappa shape index (κ3) is 4.79. The molecule has 1 amide bonds. The van der Waals surface area contributed by atoms with Gasteiger partial charge in [-0.05, 0) is 30.2 Å². The Morgan fingerprint density at radius 2 is 1.93 bits per heavy atom.